The summed E-state index contributed by atoms with van der Waals surface area (Å²) in [7, 11) is 0. The lowest BCUT2D eigenvalue weighted by Crippen LogP contribution is -2.29. The SMILES string of the molecule is CCCN1CCC(CN)C1c1c(F)cccc1Cl. The Morgan fingerprint density at radius 1 is 1.50 bits per heavy atom. The standard InChI is InChI=1S/C14H20ClFN2/c1-2-7-18-8-6-10(9-17)14(18)13-11(15)4-3-5-12(13)16/h3-5,10,14H,2,6-9,17H2,1H3. The summed E-state index contributed by atoms with van der Waals surface area (Å²) in [5, 5.41) is 0.515. The number of rotatable bonds is 4. The molecule has 1 fully saturated rings. The molecule has 1 saturated heterocycles. The highest BCUT2D eigenvalue weighted by Crippen LogP contribution is 2.40. The average Bonchev–Trinajstić information content (AvgIpc) is 2.73. The summed E-state index contributed by atoms with van der Waals surface area (Å²) in [5.74, 6) is 0.0832. The molecule has 2 rings (SSSR count). The number of nitrogens with two attached hydrogens (primary N) is 1. The largest absolute Gasteiger partial charge is 0.330 e. The summed E-state index contributed by atoms with van der Waals surface area (Å²) in [6, 6.07) is 4.92. The summed E-state index contributed by atoms with van der Waals surface area (Å²) in [6.45, 7) is 4.65. The van der Waals surface area contributed by atoms with Crippen molar-refractivity contribution in [3.63, 3.8) is 0 Å². The van der Waals surface area contributed by atoms with Gasteiger partial charge in [-0.15, -0.1) is 0 Å². The third kappa shape index (κ3) is 2.53. The van der Waals surface area contributed by atoms with Crippen LogP contribution in [0, 0.1) is 11.7 Å². The quantitative estimate of drug-likeness (QED) is 0.910. The lowest BCUT2D eigenvalue weighted by Gasteiger charge is -2.29. The van der Waals surface area contributed by atoms with Crippen molar-refractivity contribution in [2.24, 2.45) is 11.7 Å². The van der Waals surface area contributed by atoms with Crippen LogP contribution in [0.2, 0.25) is 5.02 Å². The number of halogens is 2. The molecule has 1 heterocycles. The van der Waals surface area contributed by atoms with E-state index in [1.165, 1.54) is 6.07 Å². The monoisotopic (exact) mass is 270 g/mol. The molecule has 0 spiro atoms. The summed E-state index contributed by atoms with van der Waals surface area (Å²) >= 11 is 6.19. The minimum Gasteiger partial charge on any atom is -0.330 e. The van der Waals surface area contributed by atoms with Crippen LogP contribution in [0.1, 0.15) is 31.4 Å². The molecule has 18 heavy (non-hydrogen) atoms. The minimum absolute atomic E-state index is 0.0312. The van der Waals surface area contributed by atoms with Gasteiger partial charge in [-0.05, 0) is 50.5 Å². The summed E-state index contributed by atoms with van der Waals surface area (Å²) in [5.41, 5.74) is 6.45. The second kappa shape index (κ2) is 6.00. The zero-order valence-electron chi connectivity index (χ0n) is 10.7. The molecule has 1 aromatic carbocycles. The lowest BCUT2D eigenvalue weighted by atomic mass is 9.93. The summed E-state index contributed by atoms with van der Waals surface area (Å²) in [4.78, 5) is 2.31. The van der Waals surface area contributed by atoms with Crippen LogP contribution in [0.5, 0.6) is 0 Å². The molecule has 0 amide bonds. The van der Waals surface area contributed by atoms with Crippen LogP contribution >= 0.6 is 11.6 Å². The molecule has 1 aliphatic heterocycles. The normalized spacial score (nSPS) is 24.7. The smallest absolute Gasteiger partial charge is 0.129 e. The Morgan fingerprint density at radius 3 is 2.89 bits per heavy atom. The lowest BCUT2D eigenvalue weighted by molar-refractivity contribution is 0.225. The van der Waals surface area contributed by atoms with E-state index in [4.69, 9.17) is 17.3 Å². The number of nitrogens with zero attached hydrogens (tertiary/aromatic N) is 1. The second-order valence-electron chi connectivity index (χ2n) is 4.90. The molecule has 4 heteroatoms. The Kier molecular flexibility index (Phi) is 4.60. The van der Waals surface area contributed by atoms with Gasteiger partial charge < -0.3 is 5.73 Å². The molecule has 2 atom stereocenters. The van der Waals surface area contributed by atoms with Crippen LogP contribution in [0.4, 0.5) is 4.39 Å². The third-order valence-corrected chi connectivity index (χ3v) is 4.07. The molecule has 0 bridgehead atoms. The van der Waals surface area contributed by atoms with E-state index in [1.54, 1.807) is 12.1 Å². The van der Waals surface area contributed by atoms with E-state index in [1.807, 2.05) is 0 Å². The highest BCUT2D eigenvalue weighted by Gasteiger charge is 2.36. The molecule has 100 valence electrons. The van der Waals surface area contributed by atoms with Gasteiger partial charge in [-0.3, -0.25) is 4.90 Å². The second-order valence-corrected chi connectivity index (χ2v) is 5.31. The van der Waals surface area contributed by atoms with Crippen molar-refractivity contribution >= 4 is 11.6 Å². The topological polar surface area (TPSA) is 29.3 Å². The van der Waals surface area contributed by atoms with Gasteiger partial charge in [0.1, 0.15) is 5.82 Å². The van der Waals surface area contributed by atoms with Gasteiger partial charge in [-0.1, -0.05) is 24.6 Å². The molecule has 0 saturated carbocycles. The van der Waals surface area contributed by atoms with Gasteiger partial charge in [0.15, 0.2) is 0 Å². The van der Waals surface area contributed by atoms with E-state index in [9.17, 15) is 4.39 Å². The summed E-state index contributed by atoms with van der Waals surface area (Å²) < 4.78 is 14.1. The average molecular weight is 271 g/mol. The van der Waals surface area contributed by atoms with Gasteiger partial charge >= 0.3 is 0 Å². The molecule has 2 unspecified atom stereocenters. The van der Waals surface area contributed by atoms with Crippen LogP contribution in [-0.4, -0.2) is 24.5 Å². The Morgan fingerprint density at radius 2 is 2.28 bits per heavy atom. The fourth-order valence-corrected chi connectivity index (χ4v) is 3.20. The Balaban J connectivity index is 2.37. The fraction of sp³-hybridized carbons (Fsp3) is 0.571. The molecule has 1 aliphatic rings. The van der Waals surface area contributed by atoms with Crippen LogP contribution < -0.4 is 5.73 Å². The number of hydrogen-bond donors (Lipinski definition) is 1. The first-order valence-electron chi connectivity index (χ1n) is 6.57. The van der Waals surface area contributed by atoms with Crippen molar-refractivity contribution in [1.82, 2.24) is 4.90 Å². The Hall–Kier alpha value is -0.640. The van der Waals surface area contributed by atoms with Crippen LogP contribution in [0.25, 0.3) is 0 Å². The molecule has 2 N–H and O–H groups in total. The van der Waals surface area contributed by atoms with Crippen molar-refractivity contribution in [1.29, 1.82) is 0 Å². The highest BCUT2D eigenvalue weighted by atomic mass is 35.5. The molecule has 0 aromatic heterocycles. The Labute approximate surface area is 113 Å². The number of benzene rings is 1. The number of likely N-dealkylation sites (tertiary alicyclic amines) is 1. The zero-order chi connectivity index (χ0) is 13.1. The molecular formula is C14H20ClFN2. The third-order valence-electron chi connectivity index (χ3n) is 3.74. The first-order valence-corrected chi connectivity index (χ1v) is 6.94. The van der Waals surface area contributed by atoms with Crippen LogP contribution in [0.3, 0.4) is 0 Å². The van der Waals surface area contributed by atoms with Crippen LogP contribution in [-0.2, 0) is 0 Å². The van der Waals surface area contributed by atoms with Crippen LogP contribution in [0.15, 0.2) is 18.2 Å². The minimum atomic E-state index is -0.214. The predicted molar refractivity (Wildman–Crippen MR) is 73.2 cm³/mol. The summed E-state index contributed by atoms with van der Waals surface area (Å²) in [6.07, 6.45) is 2.08. The molecular weight excluding hydrogens is 251 g/mol. The molecule has 1 aromatic rings. The van der Waals surface area contributed by atoms with E-state index in [0.29, 0.717) is 23.0 Å². The van der Waals surface area contributed by atoms with Crippen molar-refractivity contribution in [2.45, 2.75) is 25.8 Å². The first kappa shape index (κ1) is 13.8. The maximum atomic E-state index is 14.1. The fourth-order valence-electron chi connectivity index (χ4n) is 2.92. The van der Waals surface area contributed by atoms with Gasteiger partial charge in [0.25, 0.3) is 0 Å². The van der Waals surface area contributed by atoms with Crippen molar-refractivity contribution < 1.29 is 4.39 Å². The molecule has 0 aliphatic carbocycles. The number of hydrogen-bond acceptors (Lipinski definition) is 2. The van der Waals surface area contributed by atoms with Gasteiger partial charge in [-0.25, -0.2) is 4.39 Å². The molecule has 2 nitrogen and oxygen atoms in total. The van der Waals surface area contributed by atoms with E-state index >= 15 is 0 Å². The van der Waals surface area contributed by atoms with E-state index < -0.39 is 0 Å². The van der Waals surface area contributed by atoms with Crippen molar-refractivity contribution in [2.75, 3.05) is 19.6 Å². The zero-order valence-corrected chi connectivity index (χ0v) is 11.5. The van der Waals surface area contributed by atoms with Crippen molar-refractivity contribution in [3.8, 4) is 0 Å². The molecule has 0 radical (unpaired) electrons. The van der Waals surface area contributed by atoms with Crippen molar-refractivity contribution in [3.05, 3.63) is 34.6 Å². The maximum absolute atomic E-state index is 14.1. The Bertz CT molecular complexity index is 391. The predicted octanol–water partition coefficient (Wildman–Crippen LogP) is 3.21. The first-order chi connectivity index (χ1) is 8.69. The van der Waals surface area contributed by atoms with Gasteiger partial charge in [-0.2, -0.15) is 0 Å². The van der Waals surface area contributed by atoms with E-state index in [0.717, 1.165) is 25.9 Å². The highest BCUT2D eigenvalue weighted by molar-refractivity contribution is 6.31. The van der Waals surface area contributed by atoms with Gasteiger partial charge in [0.2, 0.25) is 0 Å². The van der Waals surface area contributed by atoms with E-state index in [-0.39, 0.29) is 11.9 Å². The van der Waals surface area contributed by atoms with E-state index in [2.05, 4.69) is 11.8 Å². The van der Waals surface area contributed by atoms with Gasteiger partial charge in [0.05, 0.1) is 0 Å². The van der Waals surface area contributed by atoms with Gasteiger partial charge in [0, 0.05) is 16.6 Å². The maximum Gasteiger partial charge on any atom is 0.129 e.